The van der Waals surface area contributed by atoms with Crippen LogP contribution in [0.3, 0.4) is 0 Å². The maximum Gasteiger partial charge on any atom is 0.249 e. The lowest BCUT2D eigenvalue weighted by Gasteiger charge is -2.07. The SMILES string of the molecule is Cc1ccc2nc(C3CC3)cc(C(N)=O)c2c1. The molecule has 0 bridgehead atoms. The Kier molecular flexibility index (Phi) is 2.15. The fourth-order valence-electron chi connectivity index (χ4n) is 2.15. The van der Waals surface area contributed by atoms with E-state index in [9.17, 15) is 4.79 Å². The first-order valence-corrected chi connectivity index (χ1v) is 5.86. The van der Waals surface area contributed by atoms with Gasteiger partial charge < -0.3 is 5.73 Å². The molecule has 17 heavy (non-hydrogen) atoms. The van der Waals surface area contributed by atoms with Gasteiger partial charge >= 0.3 is 0 Å². The van der Waals surface area contributed by atoms with Crippen LogP contribution in [0.15, 0.2) is 24.3 Å². The standard InChI is InChI=1S/C14H14N2O/c1-8-2-5-12-10(6-8)11(14(15)17)7-13(16-12)9-3-4-9/h2,5-7,9H,3-4H2,1H3,(H2,15,17). The van der Waals surface area contributed by atoms with E-state index in [4.69, 9.17) is 5.73 Å². The van der Waals surface area contributed by atoms with E-state index in [2.05, 4.69) is 4.98 Å². The van der Waals surface area contributed by atoms with Crippen LogP contribution in [0.5, 0.6) is 0 Å². The summed E-state index contributed by atoms with van der Waals surface area (Å²) in [5.41, 5.74) is 9.04. The van der Waals surface area contributed by atoms with Crippen molar-refractivity contribution < 1.29 is 4.79 Å². The van der Waals surface area contributed by atoms with E-state index in [1.165, 1.54) is 12.8 Å². The van der Waals surface area contributed by atoms with Crippen LogP contribution in [0, 0.1) is 6.92 Å². The quantitative estimate of drug-likeness (QED) is 0.855. The fourth-order valence-corrected chi connectivity index (χ4v) is 2.15. The maximum atomic E-state index is 11.5. The minimum absolute atomic E-state index is 0.370. The van der Waals surface area contributed by atoms with Crippen molar-refractivity contribution in [3.63, 3.8) is 0 Å². The molecule has 0 saturated heterocycles. The molecular formula is C14H14N2O. The summed E-state index contributed by atoms with van der Waals surface area (Å²) in [7, 11) is 0. The number of carbonyl (C=O) groups is 1. The van der Waals surface area contributed by atoms with Crippen LogP contribution in [0.4, 0.5) is 0 Å². The molecule has 3 rings (SSSR count). The number of aromatic nitrogens is 1. The van der Waals surface area contributed by atoms with Crippen molar-refractivity contribution in [3.8, 4) is 0 Å². The number of nitrogens with two attached hydrogens (primary N) is 1. The van der Waals surface area contributed by atoms with Gasteiger partial charge in [-0.15, -0.1) is 0 Å². The van der Waals surface area contributed by atoms with Crippen molar-refractivity contribution in [1.82, 2.24) is 4.98 Å². The van der Waals surface area contributed by atoms with Crippen LogP contribution < -0.4 is 5.73 Å². The predicted molar refractivity (Wildman–Crippen MR) is 67.0 cm³/mol. The van der Waals surface area contributed by atoms with Crippen LogP contribution in [0.2, 0.25) is 0 Å². The van der Waals surface area contributed by atoms with Gasteiger partial charge in [0.2, 0.25) is 5.91 Å². The summed E-state index contributed by atoms with van der Waals surface area (Å²) >= 11 is 0. The summed E-state index contributed by atoms with van der Waals surface area (Å²) in [6, 6.07) is 7.81. The van der Waals surface area contributed by atoms with Crippen LogP contribution in [0.25, 0.3) is 10.9 Å². The van der Waals surface area contributed by atoms with Gasteiger partial charge in [0.25, 0.3) is 0 Å². The summed E-state index contributed by atoms with van der Waals surface area (Å²) in [5.74, 6) is 0.156. The third-order valence-electron chi connectivity index (χ3n) is 3.25. The van der Waals surface area contributed by atoms with Crippen LogP contribution in [0.1, 0.15) is 40.4 Å². The number of rotatable bonds is 2. The molecule has 0 spiro atoms. The maximum absolute atomic E-state index is 11.5. The first-order chi connectivity index (χ1) is 8.15. The van der Waals surface area contributed by atoms with E-state index in [-0.39, 0.29) is 5.91 Å². The van der Waals surface area contributed by atoms with Crippen LogP contribution in [-0.4, -0.2) is 10.9 Å². The number of carbonyl (C=O) groups excluding carboxylic acids is 1. The molecule has 86 valence electrons. The van der Waals surface area contributed by atoms with Gasteiger partial charge in [0.05, 0.1) is 11.1 Å². The number of hydrogen-bond acceptors (Lipinski definition) is 2. The Morgan fingerprint density at radius 2 is 2.12 bits per heavy atom. The lowest BCUT2D eigenvalue weighted by molar-refractivity contribution is 0.100. The van der Waals surface area contributed by atoms with E-state index in [0.717, 1.165) is 22.2 Å². The highest BCUT2D eigenvalue weighted by Crippen LogP contribution is 2.40. The number of pyridine rings is 1. The van der Waals surface area contributed by atoms with E-state index in [0.29, 0.717) is 11.5 Å². The van der Waals surface area contributed by atoms with Crippen LogP contribution in [-0.2, 0) is 0 Å². The Hall–Kier alpha value is -1.90. The Bertz CT molecular complexity index is 615. The third-order valence-corrected chi connectivity index (χ3v) is 3.25. The number of primary amides is 1. The molecule has 0 atom stereocenters. The van der Waals surface area contributed by atoms with Crippen LogP contribution >= 0.6 is 0 Å². The molecule has 1 amide bonds. The Morgan fingerprint density at radius 3 is 2.76 bits per heavy atom. The summed E-state index contributed by atoms with van der Waals surface area (Å²) in [4.78, 5) is 16.1. The zero-order valence-electron chi connectivity index (χ0n) is 9.73. The second kappa shape index (κ2) is 3.55. The minimum Gasteiger partial charge on any atom is -0.366 e. The fraction of sp³-hybridized carbons (Fsp3) is 0.286. The Labute approximate surface area is 99.7 Å². The number of fused-ring (bicyclic) bond motifs is 1. The number of nitrogens with zero attached hydrogens (tertiary/aromatic N) is 1. The molecule has 1 heterocycles. The van der Waals surface area contributed by atoms with Crippen molar-refractivity contribution in [2.24, 2.45) is 5.73 Å². The van der Waals surface area contributed by atoms with Gasteiger partial charge in [-0.25, -0.2) is 0 Å². The molecule has 1 saturated carbocycles. The second-order valence-corrected chi connectivity index (χ2v) is 4.75. The predicted octanol–water partition coefficient (Wildman–Crippen LogP) is 2.52. The average Bonchev–Trinajstić information content (AvgIpc) is 3.11. The molecule has 1 aromatic carbocycles. The van der Waals surface area contributed by atoms with E-state index < -0.39 is 0 Å². The molecule has 0 aliphatic heterocycles. The molecule has 1 aromatic heterocycles. The second-order valence-electron chi connectivity index (χ2n) is 4.75. The summed E-state index contributed by atoms with van der Waals surface area (Å²) < 4.78 is 0. The zero-order chi connectivity index (χ0) is 12.0. The highest BCUT2D eigenvalue weighted by Gasteiger charge is 2.26. The van der Waals surface area contributed by atoms with Gasteiger partial charge in [-0.2, -0.15) is 0 Å². The number of aryl methyl sites for hydroxylation is 1. The van der Waals surface area contributed by atoms with E-state index in [1.54, 1.807) is 0 Å². The summed E-state index contributed by atoms with van der Waals surface area (Å²) in [6.45, 7) is 2.00. The van der Waals surface area contributed by atoms with Gasteiger partial charge in [-0.05, 0) is 38.0 Å². The zero-order valence-corrected chi connectivity index (χ0v) is 9.73. The molecule has 1 aliphatic rings. The van der Waals surface area contributed by atoms with Gasteiger partial charge in [0, 0.05) is 17.0 Å². The molecule has 2 N–H and O–H groups in total. The first kappa shape index (κ1) is 10.3. The summed E-state index contributed by atoms with van der Waals surface area (Å²) in [5, 5.41) is 0.863. The molecule has 1 fully saturated rings. The highest BCUT2D eigenvalue weighted by molar-refractivity contribution is 6.05. The normalized spacial score (nSPS) is 15.1. The molecule has 1 aliphatic carbocycles. The lowest BCUT2D eigenvalue weighted by Crippen LogP contribution is -2.12. The van der Waals surface area contributed by atoms with Crippen molar-refractivity contribution in [3.05, 3.63) is 41.1 Å². The molecular weight excluding hydrogens is 212 g/mol. The van der Waals surface area contributed by atoms with Gasteiger partial charge in [-0.1, -0.05) is 11.6 Å². The molecule has 0 radical (unpaired) electrons. The van der Waals surface area contributed by atoms with Crippen molar-refractivity contribution in [1.29, 1.82) is 0 Å². The Balaban J connectivity index is 2.31. The van der Waals surface area contributed by atoms with Gasteiger partial charge in [-0.3, -0.25) is 9.78 Å². The molecule has 0 unspecified atom stereocenters. The van der Waals surface area contributed by atoms with Gasteiger partial charge in [0.1, 0.15) is 0 Å². The third kappa shape index (κ3) is 1.78. The topological polar surface area (TPSA) is 56.0 Å². The molecule has 3 nitrogen and oxygen atoms in total. The number of amides is 1. The van der Waals surface area contributed by atoms with E-state index >= 15 is 0 Å². The molecule has 3 heteroatoms. The lowest BCUT2D eigenvalue weighted by atomic mass is 10.0. The average molecular weight is 226 g/mol. The number of hydrogen-bond donors (Lipinski definition) is 1. The van der Waals surface area contributed by atoms with Crippen molar-refractivity contribution >= 4 is 16.8 Å². The van der Waals surface area contributed by atoms with Crippen molar-refractivity contribution in [2.45, 2.75) is 25.7 Å². The largest absolute Gasteiger partial charge is 0.366 e. The van der Waals surface area contributed by atoms with Gasteiger partial charge in [0.15, 0.2) is 0 Å². The highest BCUT2D eigenvalue weighted by atomic mass is 16.1. The van der Waals surface area contributed by atoms with E-state index in [1.807, 2.05) is 31.2 Å². The monoisotopic (exact) mass is 226 g/mol. The first-order valence-electron chi connectivity index (χ1n) is 5.86. The smallest absolute Gasteiger partial charge is 0.249 e. The summed E-state index contributed by atoms with van der Waals surface area (Å²) in [6.07, 6.45) is 2.34. The number of benzene rings is 1. The molecule has 2 aromatic rings. The Morgan fingerprint density at radius 1 is 1.35 bits per heavy atom. The minimum atomic E-state index is -0.370. The van der Waals surface area contributed by atoms with Crippen molar-refractivity contribution in [2.75, 3.05) is 0 Å².